The van der Waals surface area contributed by atoms with Crippen molar-refractivity contribution in [2.24, 2.45) is 22.3 Å². The van der Waals surface area contributed by atoms with E-state index in [1.807, 2.05) is 0 Å². The number of rotatable bonds is 4. The molecule has 0 aromatic rings. The predicted octanol–water partition coefficient (Wildman–Crippen LogP) is 1.74. The van der Waals surface area contributed by atoms with Gasteiger partial charge in [-0.2, -0.15) is 0 Å². The Labute approximate surface area is 76.7 Å². The van der Waals surface area contributed by atoms with Gasteiger partial charge in [0.05, 0.1) is 0 Å². The lowest BCUT2D eigenvalue weighted by atomic mass is 9.73. The molecular formula is C10H24N2. The van der Waals surface area contributed by atoms with Crippen LogP contribution in [0.4, 0.5) is 0 Å². The van der Waals surface area contributed by atoms with Crippen LogP contribution in [-0.4, -0.2) is 13.1 Å². The van der Waals surface area contributed by atoms with Gasteiger partial charge in [-0.1, -0.05) is 27.7 Å². The van der Waals surface area contributed by atoms with Gasteiger partial charge >= 0.3 is 0 Å². The third-order valence-electron chi connectivity index (χ3n) is 2.20. The quantitative estimate of drug-likeness (QED) is 0.678. The maximum atomic E-state index is 5.74. The van der Waals surface area contributed by atoms with Crippen LogP contribution in [-0.2, 0) is 0 Å². The van der Waals surface area contributed by atoms with Gasteiger partial charge in [-0.25, -0.2) is 0 Å². The smallest absolute Gasteiger partial charge is 0.00225 e. The zero-order valence-corrected chi connectivity index (χ0v) is 8.98. The summed E-state index contributed by atoms with van der Waals surface area (Å²) in [6.45, 7) is 10.4. The first-order valence-electron chi connectivity index (χ1n) is 4.73. The predicted molar refractivity (Wildman–Crippen MR) is 54.9 cm³/mol. The zero-order valence-electron chi connectivity index (χ0n) is 8.98. The van der Waals surface area contributed by atoms with E-state index in [1.54, 1.807) is 0 Å². The molecule has 12 heavy (non-hydrogen) atoms. The van der Waals surface area contributed by atoms with E-state index in [4.69, 9.17) is 11.5 Å². The minimum atomic E-state index is 0.229. The lowest BCUT2D eigenvalue weighted by Gasteiger charge is -2.34. The molecule has 2 heteroatoms. The van der Waals surface area contributed by atoms with Crippen molar-refractivity contribution in [2.45, 2.75) is 40.5 Å². The number of hydrogen-bond acceptors (Lipinski definition) is 2. The molecule has 0 aromatic carbocycles. The van der Waals surface area contributed by atoms with Crippen molar-refractivity contribution in [3.05, 3.63) is 0 Å². The molecule has 0 bridgehead atoms. The van der Waals surface area contributed by atoms with Gasteiger partial charge in [-0.15, -0.1) is 0 Å². The van der Waals surface area contributed by atoms with Crippen molar-refractivity contribution in [1.82, 2.24) is 0 Å². The zero-order chi connectivity index (χ0) is 9.83. The van der Waals surface area contributed by atoms with Crippen LogP contribution in [0, 0.1) is 10.8 Å². The van der Waals surface area contributed by atoms with E-state index in [-0.39, 0.29) is 5.41 Å². The van der Waals surface area contributed by atoms with Gasteiger partial charge in [0.2, 0.25) is 0 Å². The average molecular weight is 172 g/mol. The van der Waals surface area contributed by atoms with Crippen molar-refractivity contribution in [3.8, 4) is 0 Å². The molecule has 0 saturated carbocycles. The molecule has 74 valence electrons. The van der Waals surface area contributed by atoms with Crippen LogP contribution in [0.5, 0.6) is 0 Å². The van der Waals surface area contributed by atoms with E-state index < -0.39 is 0 Å². The van der Waals surface area contributed by atoms with Crippen molar-refractivity contribution in [3.63, 3.8) is 0 Å². The standard InChI is InChI=1S/C10H24N2/c1-9(2,3)7-10(4,8-12)5-6-11/h5-8,11-12H2,1-4H3. The Morgan fingerprint density at radius 2 is 1.50 bits per heavy atom. The molecule has 0 aliphatic heterocycles. The van der Waals surface area contributed by atoms with Crippen LogP contribution in [0.25, 0.3) is 0 Å². The highest BCUT2D eigenvalue weighted by Crippen LogP contribution is 2.34. The van der Waals surface area contributed by atoms with Crippen molar-refractivity contribution < 1.29 is 0 Å². The summed E-state index contributed by atoms with van der Waals surface area (Å²) in [5.74, 6) is 0. The largest absolute Gasteiger partial charge is 0.330 e. The maximum absolute atomic E-state index is 5.74. The van der Waals surface area contributed by atoms with E-state index in [9.17, 15) is 0 Å². The third-order valence-corrected chi connectivity index (χ3v) is 2.20. The Morgan fingerprint density at radius 1 is 1.00 bits per heavy atom. The highest BCUT2D eigenvalue weighted by atomic mass is 14.6. The Morgan fingerprint density at radius 3 is 1.75 bits per heavy atom. The highest BCUT2D eigenvalue weighted by Gasteiger charge is 2.27. The summed E-state index contributed by atoms with van der Waals surface area (Å²) in [7, 11) is 0. The molecular weight excluding hydrogens is 148 g/mol. The fraction of sp³-hybridized carbons (Fsp3) is 1.00. The van der Waals surface area contributed by atoms with Crippen LogP contribution in [0.15, 0.2) is 0 Å². The summed E-state index contributed by atoms with van der Waals surface area (Å²) < 4.78 is 0. The number of nitrogens with two attached hydrogens (primary N) is 2. The monoisotopic (exact) mass is 172 g/mol. The summed E-state index contributed by atoms with van der Waals surface area (Å²) in [5.41, 5.74) is 11.9. The minimum absolute atomic E-state index is 0.229. The molecule has 0 spiro atoms. The molecule has 0 amide bonds. The van der Waals surface area contributed by atoms with Gasteiger partial charge in [-0.05, 0) is 36.8 Å². The topological polar surface area (TPSA) is 52.0 Å². The molecule has 0 radical (unpaired) electrons. The fourth-order valence-corrected chi connectivity index (χ4v) is 1.89. The van der Waals surface area contributed by atoms with Crippen LogP contribution in [0.2, 0.25) is 0 Å². The molecule has 1 atom stereocenters. The lowest BCUT2D eigenvalue weighted by Crippen LogP contribution is -2.33. The fourth-order valence-electron chi connectivity index (χ4n) is 1.89. The van der Waals surface area contributed by atoms with Crippen molar-refractivity contribution in [1.29, 1.82) is 0 Å². The number of hydrogen-bond donors (Lipinski definition) is 2. The van der Waals surface area contributed by atoms with Gasteiger partial charge in [0, 0.05) is 0 Å². The normalized spacial score (nSPS) is 17.5. The van der Waals surface area contributed by atoms with Crippen LogP contribution < -0.4 is 11.5 Å². The van der Waals surface area contributed by atoms with Crippen LogP contribution in [0.3, 0.4) is 0 Å². The SMILES string of the molecule is CC(C)(C)CC(C)(CN)CCN. The summed E-state index contributed by atoms with van der Waals surface area (Å²) in [4.78, 5) is 0. The second-order valence-corrected chi connectivity index (χ2v) is 5.29. The first-order chi connectivity index (χ1) is 5.33. The van der Waals surface area contributed by atoms with Crippen LogP contribution in [0.1, 0.15) is 40.5 Å². The molecule has 0 saturated heterocycles. The highest BCUT2D eigenvalue weighted by molar-refractivity contribution is 4.81. The third kappa shape index (κ3) is 4.73. The summed E-state index contributed by atoms with van der Waals surface area (Å²) in [5, 5.41) is 0. The van der Waals surface area contributed by atoms with E-state index >= 15 is 0 Å². The average Bonchev–Trinajstić information content (AvgIpc) is 1.84. The summed E-state index contributed by atoms with van der Waals surface area (Å²) in [6.07, 6.45) is 2.18. The van der Waals surface area contributed by atoms with E-state index in [2.05, 4.69) is 27.7 Å². The van der Waals surface area contributed by atoms with Crippen LogP contribution >= 0.6 is 0 Å². The molecule has 0 aromatic heterocycles. The molecule has 4 N–H and O–H groups in total. The van der Waals surface area contributed by atoms with Gasteiger partial charge in [-0.3, -0.25) is 0 Å². The van der Waals surface area contributed by atoms with Gasteiger partial charge in [0.1, 0.15) is 0 Å². The summed E-state index contributed by atoms with van der Waals surface area (Å²) in [6, 6.07) is 0. The van der Waals surface area contributed by atoms with E-state index in [0.29, 0.717) is 5.41 Å². The Balaban J connectivity index is 4.14. The first-order valence-corrected chi connectivity index (χ1v) is 4.73. The van der Waals surface area contributed by atoms with E-state index in [0.717, 1.165) is 25.9 Å². The maximum Gasteiger partial charge on any atom is -0.00225 e. The van der Waals surface area contributed by atoms with Crippen molar-refractivity contribution >= 4 is 0 Å². The van der Waals surface area contributed by atoms with Gasteiger partial charge < -0.3 is 11.5 Å². The molecule has 1 unspecified atom stereocenters. The Hall–Kier alpha value is -0.0800. The van der Waals surface area contributed by atoms with Gasteiger partial charge in [0.25, 0.3) is 0 Å². The van der Waals surface area contributed by atoms with Gasteiger partial charge in [0.15, 0.2) is 0 Å². The second kappa shape index (κ2) is 4.24. The second-order valence-electron chi connectivity index (χ2n) is 5.29. The molecule has 0 fully saturated rings. The molecule has 0 rings (SSSR count). The van der Waals surface area contributed by atoms with Crippen molar-refractivity contribution in [2.75, 3.05) is 13.1 Å². The Bertz CT molecular complexity index is 126. The molecule has 0 heterocycles. The Kier molecular flexibility index (Phi) is 4.21. The molecule has 0 aliphatic carbocycles. The van der Waals surface area contributed by atoms with E-state index in [1.165, 1.54) is 0 Å². The molecule has 0 aliphatic rings. The first kappa shape index (κ1) is 11.9. The summed E-state index contributed by atoms with van der Waals surface area (Å²) >= 11 is 0. The molecule has 2 nitrogen and oxygen atoms in total. The minimum Gasteiger partial charge on any atom is -0.330 e. The lowest BCUT2D eigenvalue weighted by molar-refractivity contribution is 0.188.